The van der Waals surface area contributed by atoms with Gasteiger partial charge in [0.15, 0.2) is 6.61 Å². The number of carbonyl (C=O) groups excluding carboxylic acids is 1. The van der Waals surface area contributed by atoms with Gasteiger partial charge in [-0.05, 0) is 37.6 Å². The van der Waals surface area contributed by atoms with Crippen molar-refractivity contribution in [2.75, 3.05) is 13.2 Å². The molecule has 0 aliphatic carbocycles. The molecule has 2 aromatic carbocycles. The number of hydrogen-bond acceptors (Lipinski definition) is 4. The highest BCUT2D eigenvalue weighted by Gasteiger charge is 2.25. The summed E-state index contributed by atoms with van der Waals surface area (Å²) >= 11 is 0. The van der Waals surface area contributed by atoms with Crippen LogP contribution >= 0.6 is 0 Å². The maximum absolute atomic E-state index is 13.0. The lowest BCUT2D eigenvalue weighted by Crippen LogP contribution is -2.40. The van der Waals surface area contributed by atoms with E-state index in [1.807, 2.05) is 55.5 Å². The number of amides is 1. The predicted molar refractivity (Wildman–Crippen MR) is 114 cm³/mol. The van der Waals surface area contributed by atoms with Crippen LogP contribution in [0.5, 0.6) is 5.75 Å². The number of hydrogen-bond donors (Lipinski definition) is 0. The number of rotatable bonds is 8. The highest BCUT2D eigenvalue weighted by atomic mass is 16.5. The van der Waals surface area contributed by atoms with Crippen molar-refractivity contribution in [3.63, 3.8) is 0 Å². The number of unbranched alkanes of at least 4 members (excludes halogenated alkanes) is 1. The summed E-state index contributed by atoms with van der Waals surface area (Å²) in [5.41, 5.74) is 0.529. The third-order valence-electron chi connectivity index (χ3n) is 5.04. The Hall–Kier alpha value is -3.15. The Morgan fingerprint density at radius 3 is 2.55 bits per heavy atom. The molecule has 6 nitrogen and oxygen atoms in total. The van der Waals surface area contributed by atoms with E-state index in [0.717, 1.165) is 12.8 Å². The van der Waals surface area contributed by atoms with Crippen LogP contribution in [0, 0.1) is 0 Å². The second-order valence-electron chi connectivity index (χ2n) is 7.07. The third kappa shape index (κ3) is 4.65. The minimum absolute atomic E-state index is 0.0560. The van der Waals surface area contributed by atoms with Gasteiger partial charge in [-0.25, -0.2) is 4.98 Å². The molecule has 6 heteroatoms. The summed E-state index contributed by atoms with van der Waals surface area (Å²) in [4.78, 5) is 32.2. The number of nitrogens with zero attached hydrogens (tertiary/aromatic N) is 3. The molecule has 1 aromatic heterocycles. The summed E-state index contributed by atoms with van der Waals surface area (Å²) in [5, 5.41) is 0.574. The first-order chi connectivity index (χ1) is 14.0. The van der Waals surface area contributed by atoms with E-state index in [-0.39, 0.29) is 24.1 Å². The molecule has 0 bridgehead atoms. The number of fused-ring (bicyclic) bond motifs is 1. The molecule has 3 rings (SSSR count). The second-order valence-corrected chi connectivity index (χ2v) is 7.07. The molecule has 0 radical (unpaired) electrons. The molecule has 0 aliphatic rings. The van der Waals surface area contributed by atoms with Gasteiger partial charge >= 0.3 is 0 Å². The zero-order chi connectivity index (χ0) is 20.8. The minimum atomic E-state index is -0.351. The quantitative estimate of drug-likeness (QED) is 0.585. The van der Waals surface area contributed by atoms with Crippen molar-refractivity contribution in [3.05, 3.63) is 70.8 Å². The van der Waals surface area contributed by atoms with E-state index in [2.05, 4.69) is 6.92 Å². The molecule has 3 aromatic rings. The largest absolute Gasteiger partial charge is 0.484 e. The van der Waals surface area contributed by atoms with Crippen LogP contribution in [-0.2, 0) is 11.8 Å². The molecule has 29 heavy (non-hydrogen) atoms. The molecular formula is C23H27N3O3. The topological polar surface area (TPSA) is 64.4 Å². The van der Waals surface area contributed by atoms with Gasteiger partial charge in [-0.1, -0.05) is 43.7 Å². The molecule has 152 valence electrons. The average Bonchev–Trinajstić information content (AvgIpc) is 2.75. The van der Waals surface area contributed by atoms with Crippen LogP contribution in [0.3, 0.4) is 0 Å². The van der Waals surface area contributed by atoms with E-state index in [0.29, 0.717) is 29.0 Å². The lowest BCUT2D eigenvalue weighted by Gasteiger charge is -2.30. The van der Waals surface area contributed by atoms with E-state index < -0.39 is 0 Å². The van der Waals surface area contributed by atoms with Gasteiger partial charge in [0.05, 0.1) is 16.9 Å². The Morgan fingerprint density at radius 1 is 1.14 bits per heavy atom. The van der Waals surface area contributed by atoms with E-state index in [9.17, 15) is 9.59 Å². The first kappa shape index (κ1) is 20.6. The first-order valence-corrected chi connectivity index (χ1v) is 9.96. The Labute approximate surface area is 170 Å². The van der Waals surface area contributed by atoms with Gasteiger partial charge < -0.3 is 9.64 Å². The Morgan fingerprint density at radius 2 is 1.83 bits per heavy atom. The number of ether oxygens (including phenoxy) is 1. The molecule has 0 fully saturated rings. The number of aromatic nitrogens is 2. The van der Waals surface area contributed by atoms with E-state index >= 15 is 0 Å². The van der Waals surface area contributed by atoms with Gasteiger partial charge in [0.2, 0.25) is 0 Å². The standard InChI is InChI=1S/C23H27N3O3/c1-4-5-15-26(21(27)16-29-18-11-7-6-8-12-18)17(2)22-24-20-14-10-9-13-19(20)23(28)25(22)3/h6-14,17H,4-5,15-16H2,1-3H3. The molecule has 0 saturated carbocycles. The molecule has 1 unspecified atom stereocenters. The van der Waals surface area contributed by atoms with Crippen LogP contribution in [0.2, 0.25) is 0 Å². The third-order valence-corrected chi connectivity index (χ3v) is 5.04. The fraction of sp³-hybridized carbons (Fsp3) is 0.348. The Bertz CT molecular complexity index is 1030. The van der Waals surface area contributed by atoms with Crippen molar-refractivity contribution in [1.82, 2.24) is 14.5 Å². The Balaban J connectivity index is 1.88. The van der Waals surface area contributed by atoms with Crippen molar-refractivity contribution in [2.24, 2.45) is 7.05 Å². The Kier molecular flexibility index (Phi) is 6.65. The minimum Gasteiger partial charge on any atom is -0.484 e. The number of para-hydroxylation sites is 2. The normalized spacial score (nSPS) is 12.0. The highest BCUT2D eigenvalue weighted by molar-refractivity contribution is 5.79. The van der Waals surface area contributed by atoms with E-state index in [1.165, 1.54) is 4.57 Å². The van der Waals surface area contributed by atoms with Crippen molar-refractivity contribution in [2.45, 2.75) is 32.7 Å². The molecule has 0 aliphatic heterocycles. The molecule has 0 saturated heterocycles. The zero-order valence-electron chi connectivity index (χ0n) is 17.2. The SMILES string of the molecule is CCCCN(C(=O)COc1ccccc1)C(C)c1nc2ccccc2c(=O)n1C. The van der Waals surface area contributed by atoms with Gasteiger partial charge in [0, 0.05) is 13.6 Å². The van der Waals surface area contributed by atoms with Gasteiger partial charge in [0.1, 0.15) is 11.6 Å². The van der Waals surface area contributed by atoms with Crippen LogP contribution in [0.1, 0.15) is 38.6 Å². The molecule has 0 spiro atoms. The molecule has 1 atom stereocenters. The lowest BCUT2D eigenvalue weighted by atomic mass is 10.2. The van der Waals surface area contributed by atoms with Gasteiger partial charge in [-0.15, -0.1) is 0 Å². The number of carbonyl (C=O) groups is 1. The van der Waals surface area contributed by atoms with Crippen molar-refractivity contribution < 1.29 is 9.53 Å². The molecule has 0 N–H and O–H groups in total. The summed E-state index contributed by atoms with van der Waals surface area (Å²) in [6.07, 6.45) is 1.82. The van der Waals surface area contributed by atoms with E-state index in [1.54, 1.807) is 18.0 Å². The zero-order valence-corrected chi connectivity index (χ0v) is 17.2. The van der Waals surface area contributed by atoms with Gasteiger partial charge in [-0.2, -0.15) is 0 Å². The van der Waals surface area contributed by atoms with E-state index in [4.69, 9.17) is 9.72 Å². The first-order valence-electron chi connectivity index (χ1n) is 9.96. The van der Waals surface area contributed by atoms with Crippen LogP contribution < -0.4 is 10.3 Å². The monoisotopic (exact) mass is 393 g/mol. The number of benzene rings is 2. The van der Waals surface area contributed by atoms with Crippen molar-refractivity contribution >= 4 is 16.8 Å². The average molecular weight is 393 g/mol. The molecular weight excluding hydrogens is 366 g/mol. The summed E-state index contributed by atoms with van der Waals surface area (Å²) in [6, 6.07) is 16.2. The summed E-state index contributed by atoms with van der Waals surface area (Å²) < 4.78 is 7.20. The molecule has 1 amide bonds. The van der Waals surface area contributed by atoms with Gasteiger partial charge in [0.25, 0.3) is 11.5 Å². The predicted octanol–water partition coefficient (Wildman–Crippen LogP) is 3.70. The fourth-order valence-corrected chi connectivity index (χ4v) is 3.36. The fourth-order valence-electron chi connectivity index (χ4n) is 3.36. The lowest BCUT2D eigenvalue weighted by molar-refractivity contribution is -0.135. The van der Waals surface area contributed by atoms with Crippen LogP contribution in [0.15, 0.2) is 59.4 Å². The highest BCUT2D eigenvalue weighted by Crippen LogP contribution is 2.21. The second kappa shape index (κ2) is 9.37. The van der Waals surface area contributed by atoms with Crippen molar-refractivity contribution in [1.29, 1.82) is 0 Å². The summed E-state index contributed by atoms with van der Waals surface area (Å²) in [7, 11) is 1.70. The van der Waals surface area contributed by atoms with Crippen LogP contribution in [0.25, 0.3) is 10.9 Å². The van der Waals surface area contributed by atoms with Crippen molar-refractivity contribution in [3.8, 4) is 5.75 Å². The maximum Gasteiger partial charge on any atom is 0.261 e. The van der Waals surface area contributed by atoms with Gasteiger partial charge in [-0.3, -0.25) is 14.2 Å². The summed E-state index contributed by atoms with van der Waals surface area (Å²) in [6.45, 7) is 4.52. The summed E-state index contributed by atoms with van der Waals surface area (Å²) in [5.74, 6) is 1.09. The molecule has 1 heterocycles. The van der Waals surface area contributed by atoms with Crippen LogP contribution in [-0.4, -0.2) is 33.5 Å². The van der Waals surface area contributed by atoms with Crippen LogP contribution in [0.4, 0.5) is 0 Å². The smallest absolute Gasteiger partial charge is 0.261 e. The maximum atomic E-state index is 13.0.